The molecule has 2 amide bonds. The maximum Gasteiger partial charge on any atom is 0.260 e. The highest BCUT2D eigenvalue weighted by Crippen LogP contribution is 2.18. The van der Waals surface area contributed by atoms with E-state index in [1.165, 1.54) is 0 Å². The summed E-state index contributed by atoms with van der Waals surface area (Å²) >= 11 is 0. The maximum absolute atomic E-state index is 12.2. The number of nitrogens with zero attached hydrogens (tertiary/aromatic N) is 1. The van der Waals surface area contributed by atoms with Crippen molar-refractivity contribution in [3.63, 3.8) is 0 Å². The van der Waals surface area contributed by atoms with Gasteiger partial charge in [-0.3, -0.25) is 9.59 Å². The minimum Gasteiger partial charge on any atom is -0.484 e. The summed E-state index contributed by atoms with van der Waals surface area (Å²) in [6.45, 7) is 6.33. The van der Waals surface area contributed by atoms with E-state index in [0.29, 0.717) is 24.8 Å². The highest BCUT2D eigenvalue weighted by atomic mass is 16.5. The third kappa shape index (κ3) is 5.87. The van der Waals surface area contributed by atoms with Crippen LogP contribution in [0, 0.1) is 11.8 Å². The lowest BCUT2D eigenvalue weighted by molar-refractivity contribution is -0.137. The lowest BCUT2D eigenvalue weighted by Gasteiger charge is -2.31. The second-order valence-electron chi connectivity index (χ2n) is 6.73. The van der Waals surface area contributed by atoms with Gasteiger partial charge in [0.25, 0.3) is 5.91 Å². The Balaban J connectivity index is 1.68. The van der Waals surface area contributed by atoms with E-state index >= 15 is 0 Å². The average Bonchev–Trinajstić information content (AvgIpc) is 2.60. The van der Waals surface area contributed by atoms with Gasteiger partial charge < -0.3 is 15.0 Å². The van der Waals surface area contributed by atoms with Gasteiger partial charge in [0.15, 0.2) is 6.61 Å². The van der Waals surface area contributed by atoms with Crippen molar-refractivity contribution in [3.05, 3.63) is 30.3 Å². The Morgan fingerprint density at radius 2 is 1.88 bits per heavy atom. The Hall–Kier alpha value is -2.04. The summed E-state index contributed by atoms with van der Waals surface area (Å²) < 4.78 is 5.50. The molecule has 5 heteroatoms. The Bertz CT molecular complexity index is 523. The van der Waals surface area contributed by atoms with Crippen molar-refractivity contribution >= 4 is 11.8 Å². The third-order valence-electron chi connectivity index (χ3n) is 4.34. The largest absolute Gasteiger partial charge is 0.484 e. The summed E-state index contributed by atoms with van der Waals surface area (Å²) in [5, 5.41) is 3.01. The molecule has 1 fully saturated rings. The molecule has 1 aromatic rings. The molecule has 1 saturated heterocycles. The molecule has 2 rings (SSSR count). The first-order chi connectivity index (χ1) is 11.6. The van der Waals surface area contributed by atoms with Crippen molar-refractivity contribution in [1.29, 1.82) is 0 Å². The van der Waals surface area contributed by atoms with E-state index in [2.05, 4.69) is 19.2 Å². The van der Waals surface area contributed by atoms with Crippen LogP contribution in [0.4, 0.5) is 0 Å². The monoisotopic (exact) mass is 332 g/mol. The molecule has 1 aromatic carbocycles. The van der Waals surface area contributed by atoms with Crippen LogP contribution >= 0.6 is 0 Å². The average molecular weight is 332 g/mol. The zero-order valence-electron chi connectivity index (χ0n) is 14.7. The molecule has 0 aliphatic carbocycles. The quantitative estimate of drug-likeness (QED) is 0.834. The molecule has 0 aromatic heterocycles. The topological polar surface area (TPSA) is 58.6 Å². The van der Waals surface area contributed by atoms with E-state index in [0.717, 1.165) is 25.8 Å². The van der Waals surface area contributed by atoms with Crippen molar-refractivity contribution in [2.24, 2.45) is 11.8 Å². The summed E-state index contributed by atoms with van der Waals surface area (Å²) in [6.07, 6.45) is 2.45. The smallest absolute Gasteiger partial charge is 0.260 e. The first kappa shape index (κ1) is 18.3. The fourth-order valence-corrected chi connectivity index (χ4v) is 2.77. The minimum atomic E-state index is -0.0162. The second kappa shape index (κ2) is 9.30. The van der Waals surface area contributed by atoms with Crippen molar-refractivity contribution in [2.75, 3.05) is 26.2 Å². The summed E-state index contributed by atoms with van der Waals surface area (Å²) in [5.41, 5.74) is 0. The Morgan fingerprint density at radius 3 is 2.50 bits per heavy atom. The standard InChI is InChI=1S/C19H28N2O3/c1-15(2)8-11-20-19(23)16-9-12-21(13-10-16)18(22)14-24-17-6-4-3-5-7-17/h3-7,15-16H,8-14H2,1-2H3,(H,20,23). The van der Waals surface area contributed by atoms with Gasteiger partial charge in [-0.25, -0.2) is 0 Å². The Labute approximate surface area is 144 Å². The summed E-state index contributed by atoms with van der Waals surface area (Å²) in [6, 6.07) is 9.33. The molecule has 0 unspecified atom stereocenters. The number of para-hydroxylation sites is 1. The third-order valence-corrected chi connectivity index (χ3v) is 4.34. The molecular formula is C19H28N2O3. The van der Waals surface area contributed by atoms with Crippen molar-refractivity contribution in [3.8, 4) is 5.75 Å². The van der Waals surface area contributed by atoms with Crippen molar-refractivity contribution < 1.29 is 14.3 Å². The number of carbonyl (C=O) groups excluding carboxylic acids is 2. The van der Waals surface area contributed by atoms with Crippen LogP contribution in [0.25, 0.3) is 0 Å². The molecule has 1 aliphatic rings. The highest BCUT2D eigenvalue weighted by Gasteiger charge is 2.27. The molecule has 24 heavy (non-hydrogen) atoms. The number of carbonyl (C=O) groups is 2. The van der Waals surface area contributed by atoms with Gasteiger partial charge in [0.1, 0.15) is 5.75 Å². The number of nitrogens with one attached hydrogen (secondary N) is 1. The molecule has 132 valence electrons. The van der Waals surface area contributed by atoms with Crippen LogP contribution in [0.1, 0.15) is 33.1 Å². The van der Waals surface area contributed by atoms with Crippen LogP contribution in [0.3, 0.4) is 0 Å². The van der Waals surface area contributed by atoms with Crippen molar-refractivity contribution in [1.82, 2.24) is 10.2 Å². The lowest BCUT2D eigenvalue weighted by atomic mass is 9.95. The van der Waals surface area contributed by atoms with Crippen molar-refractivity contribution in [2.45, 2.75) is 33.1 Å². The number of likely N-dealkylation sites (tertiary alicyclic amines) is 1. The normalized spacial score (nSPS) is 15.4. The van der Waals surface area contributed by atoms with Gasteiger partial charge in [-0.2, -0.15) is 0 Å². The highest BCUT2D eigenvalue weighted by molar-refractivity contribution is 5.80. The summed E-state index contributed by atoms with van der Waals surface area (Å²) in [5.74, 6) is 1.43. The number of amides is 2. The van der Waals surface area contributed by atoms with Gasteiger partial charge in [0, 0.05) is 25.6 Å². The first-order valence-corrected chi connectivity index (χ1v) is 8.79. The van der Waals surface area contributed by atoms with E-state index in [1.807, 2.05) is 30.3 Å². The molecule has 1 N–H and O–H groups in total. The predicted molar refractivity (Wildman–Crippen MR) is 93.7 cm³/mol. The van der Waals surface area contributed by atoms with Crippen LogP contribution in [0.5, 0.6) is 5.75 Å². The molecule has 0 spiro atoms. The van der Waals surface area contributed by atoms with Crippen LogP contribution in [-0.2, 0) is 9.59 Å². The summed E-state index contributed by atoms with van der Waals surface area (Å²) in [4.78, 5) is 26.1. The zero-order chi connectivity index (χ0) is 17.4. The number of piperidine rings is 1. The second-order valence-corrected chi connectivity index (χ2v) is 6.73. The maximum atomic E-state index is 12.2. The van der Waals surface area contributed by atoms with Gasteiger partial charge >= 0.3 is 0 Å². The minimum absolute atomic E-state index is 0.0162. The SMILES string of the molecule is CC(C)CCNC(=O)C1CCN(C(=O)COc2ccccc2)CC1. The van der Waals surface area contributed by atoms with Gasteiger partial charge in [-0.15, -0.1) is 0 Å². The summed E-state index contributed by atoms with van der Waals surface area (Å²) in [7, 11) is 0. The predicted octanol–water partition coefficient (Wildman–Crippen LogP) is 2.47. The number of ether oxygens (including phenoxy) is 1. The van der Waals surface area contributed by atoms with Gasteiger partial charge in [0.2, 0.25) is 5.91 Å². The van der Waals surface area contributed by atoms with Gasteiger partial charge in [0.05, 0.1) is 0 Å². The van der Waals surface area contributed by atoms with E-state index in [9.17, 15) is 9.59 Å². The number of benzene rings is 1. The molecule has 0 saturated carbocycles. The van der Waals surface area contributed by atoms with Gasteiger partial charge in [-0.05, 0) is 37.3 Å². The number of rotatable bonds is 7. The van der Waals surface area contributed by atoms with E-state index in [-0.39, 0.29) is 24.3 Å². The first-order valence-electron chi connectivity index (χ1n) is 8.79. The molecular weight excluding hydrogens is 304 g/mol. The lowest BCUT2D eigenvalue weighted by Crippen LogP contribution is -2.44. The zero-order valence-corrected chi connectivity index (χ0v) is 14.7. The Kier molecular flexibility index (Phi) is 7.09. The molecule has 1 aliphatic heterocycles. The Morgan fingerprint density at radius 1 is 1.21 bits per heavy atom. The molecule has 0 bridgehead atoms. The number of hydrogen-bond acceptors (Lipinski definition) is 3. The van der Waals surface area contributed by atoms with Crippen LogP contribution < -0.4 is 10.1 Å². The van der Waals surface area contributed by atoms with Crippen LogP contribution in [0.2, 0.25) is 0 Å². The van der Waals surface area contributed by atoms with Gasteiger partial charge in [-0.1, -0.05) is 32.0 Å². The van der Waals surface area contributed by atoms with E-state index in [4.69, 9.17) is 4.74 Å². The van der Waals surface area contributed by atoms with E-state index in [1.54, 1.807) is 4.90 Å². The fraction of sp³-hybridized carbons (Fsp3) is 0.579. The van der Waals surface area contributed by atoms with E-state index < -0.39 is 0 Å². The molecule has 5 nitrogen and oxygen atoms in total. The number of hydrogen-bond donors (Lipinski definition) is 1. The fourth-order valence-electron chi connectivity index (χ4n) is 2.77. The molecule has 1 heterocycles. The van der Waals surface area contributed by atoms with Crippen LogP contribution in [-0.4, -0.2) is 43.0 Å². The van der Waals surface area contributed by atoms with Crippen LogP contribution in [0.15, 0.2) is 30.3 Å². The molecule has 0 atom stereocenters. The molecule has 0 radical (unpaired) electrons.